The highest BCUT2D eigenvalue weighted by molar-refractivity contribution is 7.65. The van der Waals surface area contributed by atoms with Crippen LogP contribution in [0.1, 0.15) is 50.7 Å². The predicted octanol–water partition coefficient (Wildman–Crippen LogP) is 3.72. The molecule has 1 rings (SSSR count). The molecule has 1 nitrogen and oxygen atoms in total. The highest BCUT2D eigenvalue weighted by atomic mass is 32.1. The Hall–Kier alpha value is -0.760. The molecule has 0 N–H and O–H groups in total. The second-order valence-corrected chi connectivity index (χ2v) is 4.73. The normalized spacial score (nSPS) is 11.0. The fraction of sp³-hybridized carbons (Fsp3) is 0.500. The van der Waals surface area contributed by atoms with Crippen LogP contribution in [0.25, 0.3) is 0 Å². The van der Waals surface area contributed by atoms with Crippen LogP contribution >= 0.6 is 0 Å². The molecule has 1 aromatic rings. The number of hydrogen-bond donors (Lipinski definition) is 0. The minimum atomic E-state index is 0.421. The van der Waals surface area contributed by atoms with Crippen LogP contribution in [0.3, 0.4) is 0 Å². The molecule has 0 radical (unpaired) electrons. The van der Waals surface area contributed by atoms with Gasteiger partial charge in [-0.3, -0.25) is 0 Å². The monoisotopic (exact) mass is 209 g/mol. The fourth-order valence-electron chi connectivity index (χ4n) is 1.58. The first-order valence-electron chi connectivity index (χ1n) is 5.00. The fourth-order valence-corrected chi connectivity index (χ4v) is 2.38. The van der Waals surface area contributed by atoms with Gasteiger partial charge < -0.3 is 0 Å². The second-order valence-electron chi connectivity index (χ2n) is 4.16. The minimum absolute atomic E-state index is 0.421. The summed E-state index contributed by atoms with van der Waals surface area (Å²) in [4.78, 5) is 0.928. The van der Waals surface area contributed by atoms with Gasteiger partial charge in [-0.15, -0.1) is 0 Å². The molecule has 0 unspecified atom stereocenters. The smallest absolute Gasteiger partial charge is 0.0613 e. The molecule has 0 spiro atoms. The van der Waals surface area contributed by atoms with Crippen LogP contribution in [-0.4, -0.2) is 0 Å². The minimum Gasteiger partial charge on any atom is -0.0613 e. The maximum absolute atomic E-state index is 11.1. The second kappa shape index (κ2) is 4.65. The zero-order chi connectivity index (χ0) is 10.7. The summed E-state index contributed by atoms with van der Waals surface area (Å²) >= 11 is 0.629. The van der Waals surface area contributed by atoms with Crippen molar-refractivity contribution < 1.29 is 4.21 Å². The lowest BCUT2D eigenvalue weighted by Gasteiger charge is -2.08. The van der Waals surface area contributed by atoms with Crippen LogP contribution in [0.2, 0.25) is 0 Å². The Morgan fingerprint density at radius 2 is 1.43 bits per heavy atom. The molecule has 0 aliphatic rings. The van der Waals surface area contributed by atoms with Crippen molar-refractivity contribution in [2.45, 2.75) is 44.4 Å². The van der Waals surface area contributed by atoms with E-state index in [0.717, 1.165) is 4.90 Å². The zero-order valence-corrected chi connectivity index (χ0v) is 10.0. The largest absolute Gasteiger partial charge is 0.505 e. The van der Waals surface area contributed by atoms with Gasteiger partial charge in [0.2, 0.25) is 0 Å². The zero-order valence-electron chi connectivity index (χ0n) is 9.20. The molecule has 0 bridgehead atoms. The topological polar surface area (TPSA) is 17.1 Å². The van der Waals surface area contributed by atoms with E-state index in [2.05, 4.69) is 39.8 Å². The van der Waals surface area contributed by atoms with Crippen LogP contribution in [0.4, 0.5) is 0 Å². The van der Waals surface area contributed by atoms with Crippen LogP contribution in [0.15, 0.2) is 23.1 Å². The quantitative estimate of drug-likeness (QED) is 0.693. The van der Waals surface area contributed by atoms with Crippen molar-refractivity contribution in [1.82, 2.24) is 0 Å². The molecule has 0 saturated heterocycles. The van der Waals surface area contributed by atoms with Gasteiger partial charge in [0, 0.05) is 15.3 Å². The average Bonchev–Trinajstić information content (AvgIpc) is 2.16. The number of rotatable bonds is 3. The molecule has 0 aliphatic carbocycles. The molecule has 0 amide bonds. The summed E-state index contributed by atoms with van der Waals surface area (Å²) in [6, 6.07) is 6.15. The van der Waals surface area contributed by atoms with Gasteiger partial charge in [0.25, 0.3) is 4.90 Å². The van der Waals surface area contributed by atoms with E-state index < -0.39 is 0 Å². The highest BCUT2D eigenvalue weighted by Crippen LogP contribution is 2.27. The van der Waals surface area contributed by atoms with Gasteiger partial charge >= 0.3 is 11.7 Å². The van der Waals surface area contributed by atoms with Crippen molar-refractivity contribution in [3.8, 4) is 0 Å². The molecule has 2 heteroatoms. The van der Waals surface area contributed by atoms with E-state index in [1.165, 1.54) is 11.1 Å². The molecule has 0 atom stereocenters. The van der Waals surface area contributed by atoms with Crippen molar-refractivity contribution in [3.05, 3.63) is 29.3 Å². The van der Waals surface area contributed by atoms with Crippen molar-refractivity contribution >= 4 is 11.7 Å². The van der Waals surface area contributed by atoms with Gasteiger partial charge in [-0.1, -0.05) is 45.9 Å². The summed E-state index contributed by atoms with van der Waals surface area (Å²) in [5.74, 6) is 0.843. The summed E-state index contributed by atoms with van der Waals surface area (Å²) in [6.07, 6.45) is 0. The first kappa shape index (κ1) is 11.3. The van der Waals surface area contributed by atoms with Crippen molar-refractivity contribution in [3.63, 3.8) is 0 Å². The lowest BCUT2D eigenvalue weighted by Crippen LogP contribution is -1.99. The maximum Gasteiger partial charge on any atom is 0.505 e. The third-order valence-electron chi connectivity index (χ3n) is 2.40. The Morgan fingerprint density at radius 1 is 1.00 bits per heavy atom. The Bertz CT molecular complexity index is 303. The molecule has 14 heavy (non-hydrogen) atoms. The molecular formula is C12H17OS+. The van der Waals surface area contributed by atoms with E-state index in [1.54, 1.807) is 0 Å². The molecule has 0 aliphatic heterocycles. The van der Waals surface area contributed by atoms with Crippen molar-refractivity contribution in [1.29, 1.82) is 0 Å². The predicted molar refractivity (Wildman–Crippen MR) is 60.9 cm³/mol. The van der Waals surface area contributed by atoms with Crippen LogP contribution in [0.5, 0.6) is 0 Å². The summed E-state index contributed by atoms with van der Waals surface area (Å²) in [5, 5.41) is 0. The summed E-state index contributed by atoms with van der Waals surface area (Å²) in [6.45, 7) is 8.50. The third kappa shape index (κ3) is 2.18. The lowest BCUT2D eigenvalue weighted by atomic mass is 9.95. The molecule has 0 fully saturated rings. The first-order chi connectivity index (χ1) is 6.57. The summed E-state index contributed by atoms with van der Waals surface area (Å²) in [5.41, 5.74) is 2.35. The van der Waals surface area contributed by atoms with Crippen LogP contribution in [-0.2, 0) is 15.9 Å². The van der Waals surface area contributed by atoms with Crippen molar-refractivity contribution in [2.75, 3.05) is 0 Å². The van der Waals surface area contributed by atoms with Gasteiger partial charge in [-0.25, -0.2) is 0 Å². The van der Waals surface area contributed by atoms with Crippen molar-refractivity contribution in [2.24, 2.45) is 0 Å². The Kier molecular flexibility index (Phi) is 3.76. The Balaban J connectivity index is 3.32. The van der Waals surface area contributed by atoms with E-state index >= 15 is 0 Å². The molecule has 1 aromatic carbocycles. The van der Waals surface area contributed by atoms with E-state index in [4.69, 9.17) is 0 Å². The first-order valence-corrected chi connectivity index (χ1v) is 5.74. The SMILES string of the molecule is CC(C)c1cccc(C(C)C)c1[S+]=O. The van der Waals surface area contributed by atoms with E-state index in [9.17, 15) is 4.21 Å². The Morgan fingerprint density at radius 3 is 1.71 bits per heavy atom. The van der Waals surface area contributed by atoms with Gasteiger partial charge in [0.15, 0.2) is 0 Å². The van der Waals surface area contributed by atoms with Gasteiger partial charge in [0.05, 0.1) is 0 Å². The molecule has 76 valence electrons. The maximum atomic E-state index is 11.1. The summed E-state index contributed by atoms with van der Waals surface area (Å²) in [7, 11) is 0. The molecule has 0 saturated carbocycles. The van der Waals surface area contributed by atoms with Crippen LogP contribution < -0.4 is 0 Å². The highest BCUT2D eigenvalue weighted by Gasteiger charge is 2.23. The van der Waals surface area contributed by atoms with Gasteiger partial charge in [0.1, 0.15) is 0 Å². The summed E-state index contributed by atoms with van der Waals surface area (Å²) < 4.78 is 11.1. The molecular weight excluding hydrogens is 192 g/mol. The van der Waals surface area contributed by atoms with Gasteiger partial charge in [-0.05, 0) is 11.8 Å². The third-order valence-corrected chi connectivity index (χ3v) is 3.04. The van der Waals surface area contributed by atoms with Crippen LogP contribution in [0, 0.1) is 0 Å². The van der Waals surface area contributed by atoms with E-state index in [1.807, 2.05) is 6.07 Å². The molecule has 0 aromatic heterocycles. The van der Waals surface area contributed by atoms with E-state index in [0.29, 0.717) is 23.5 Å². The number of hydrogen-bond acceptors (Lipinski definition) is 1. The van der Waals surface area contributed by atoms with Gasteiger partial charge in [-0.2, -0.15) is 0 Å². The molecule has 0 heterocycles. The Labute approximate surface area is 90.0 Å². The standard InChI is InChI=1S/C12H17OS/c1-8(2)10-6-5-7-11(9(3)4)12(10)14-13/h5-9H,1-4H3/q+1. The lowest BCUT2D eigenvalue weighted by molar-refractivity contribution is 0.602. The average molecular weight is 209 g/mol. The van der Waals surface area contributed by atoms with E-state index in [-0.39, 0.29) is 0 Å². The number of benzene rings is 1.